The van der Waals surface area contributed by atoms with Gasteiger partial charge >= 0.3 is 6.01 Å². The number of likely N-dealkylation sites (tertiary alicyclic amines) is 2. The largest absolute Gasteiger partial charge is 0.424 e. The maximum atomic E-state index is 12.3. The molecule has 6 nitrogen and oxygen atoms in total. The predicted octanol–water partition coefficient (Wildman–Crippen LogP) is 4.02. The Morgan fingerprint density at radius 1 is 1.14 bits per heavy atom. The lowest BCUT2D eigenvalue weighted by Crippen LogP contribution is -2.57. The van der Waals surface area contributed by atoms with Gasteiger partial charge in [0.25, 0.3) is 0 Å². The Labute approximate surface area is 172 Å². The van der Waals surface area contributed by atoms with Crippen LogP contribution in [0.1, 0.15) is 51.5 Å². The highest BCUT2D eigenvalue weighted by Crippen LogP contribution is 2.39. The van der Waals surface area contributed by atoms with Gasteiger partial charge in [0.05, 0.1) is 5.54 Å². The van der Waals surface area contributed by atoms with Crippen molar-refractivity contribution in [1.82, 2.24) is 19.8 Å². The van der Waals surface area contributed by atoms with E-state index in [1.54, 1.807) is 25.4 Å². The number of aromatic nitrogens is 2. The minimum Gasteiger partial charge on any atom is -0.424 e. The van der Waals surface area contributed by atoms with Gasteiger partial charge in [0.2, 0.25) is 5.91 Å². The van der Waals surface area contributed by atoms with Crippen LogP contribution in [0.3, 0.4) is 0 Å². The topological polar surface area (TPSA) is 58.6 Å². The summed E-state index contributed by atoms with van der Waals surface area (Å²) in [7, 11) is 0. The van der Waals surface area contributed by atoms with Crippen molar-refractivity contribution >= 4 is 5.91 Å². The summed E-state index contributed by atoms with van der Waals surface area (Å²) in [5.41, 5.74) is 1.20. The molecule has 2 aliphatic rings. The molecule has 154 valence electrons. The lowest BCUT2D eigenvalue weighted by molar-refractivity contribution is -0.136. The molecule has 2 fully saturated rings. The Morgan fingerprint density at radius 3 is 2.62 bits per heavy atom. The Morgan fingerprint density at radius 2 is 1.90 bits per heavy atom. The summed E-state index contributed by atoms with van der Waals surface area (Å²) < 4.78 is 5.70. The highest BCUT2D eigenvalue weighted by Gasteiger charge is 2.48. The fourth-order valence-corrected chi connectivity index (χ4v) is 4.98. The first-order valence-corrected chi connectivity index (χ1v) is 10.6. The van der Waals surface area contributed by atoms with E-state index in [-0.39, 0.29) is 11.4 Å². The molecule has 3 heterocycles. The van der Waals surface area contributed by atoms with E-state index in [9.17, 15) is 4.79 Å². The molecule has 0 spiro atoms. The third-order valence-electron chi connectivity index (χ3n) is 6.48. The third kappa shape index (κ3) is 4.27. The van der Waals surface area contributed by atoms with Crippen LogP contribution in [-0.2, 0) is 11.3 Å². The van der Waals surface area contributed by atoms with Crippen LogP contribution in [0.4, 0.5) is 0 Å². The van der Waals surface area contributed by atoms with Crippen LogP contribution in [-0.4, -0.2) is 50.3 Å². The SMILES string of the molecule is CC(=O)N1CCCCC[C@@H]2N(Cc3ccc(Oc4ncccn4)cc3)CC[C@@]21C. The molecule has 2 saturated heterocycles. The van der Waals surface area contributed by atoms with Crippen molar-refractivity contribution in [2.75, 3.05) is 13.1 Å². The summed E-state index contributed by atoms with van der Waals surface area (Å²) in [4.78, 5) is 25.3. The number of hydrogen-bond donors (Lipinski definition) is 0. The lowest BCUT2D eigenvalue weighted by Gasteiger charge is -2.45. The first-order chi connectivity index (χ1) is 14.1. The first-order valence-electron chi connectivity index (χ1n) is 10.6. The number of carbonyl (C=O) groups excluding carboxylic acids is 1. The Balaban J connectivity index is 1.45. The standard InChI is InChI=1S/C23H30N4O2/c1-18(28)27-15-5-3-4-7-21-23(27,2)12-16-26(21)17-19-8-10-20(11-9-19)29-22-24-13-6-14-25-22/h6,8-11,13-14,21H,3-5,7,12,15-17H2,1-2H3/t21-,23-/m0/s1. The quantitative estimate of drug-likeness (QED) is 0.784. The summed E-state index contributed by atoms with van der Waals surface area (Å²) in [5.74, 6) is 0.950. The molecule has 6 heteroatoms. The van der Waals surface area contributed by atoms with Crippen molar-refractivity contribution in [3.05, 3.63) is 48.3 Å². The molecule has 0 radical (unpaired) electrons. The molecule has 0 unspecified atom stereocenters. The van der Waals surface area contributed by atoms with Crippen molar-refractivity contribution in [2.45, 2.75) is 64.1 Å². The van der Waals surface area contributed by atoms with Gasteiger partial charge in [-0.3, -0.25) is 9.69 Å². The van der Waals surface area contributed by atoms with Gasteiger partial charge in [0.15, 0.2) is 0 Å². The van der Waals surface area contributed by atoms with Gasteiger partial charge < -0.3 is 9.64 Å². The van der Waals surface area contributed by atoms with Crippen LogP contribution in [0.25, 0.3) is 0 Å². The van der Waals surface area contributed by atoms with Gasteiger partial charge in [-0.1, -0.05) is 25.0 Å². The lowest BCUT2D eigenvalue weighted by atomic mass is 9.84. The number of amides is 1. The Kier molecular flexibility index (Phi) is 5.81. The van der Waals surface area contributed by atoms with E-state index in [1.807, 2.05) is 12.1 Å². The average molecular weight is 395 g/mol. The number of rotatable bonds is 4. The summed E-state index contributed by atoms with van der Waals surface area (Å²) in [6.45, 7) is 6.84. The fourth-order valence-electron chi connectivity index (χ4n) is 4.98. The minimum atomic E-state index is -0.0556. The molecule has 2 aliphatic heterocycles. The number of benzene rings is 1. The zero-order valence-electron chi connectivity index (χ0n) is 17.4. The number of ether oxygens (including phenoxy) is 1. The van der Waals surface area contributed by atoms with Crippen molar-refractivity contribution in [1.29, 1.82) is 0 Å². The third-order valence-corrected chi connectivity index (χ3v) is 6.48. The minimum absolute atomic E-state index is 0.0556. The Bertz CT molecular complexity index is 827. The molecule has 4 rings (SSSR count). The normalized spacial score (nSPS) is 25.2. The molecule has 0 saturated carbocycles. The van der Waals surface area contributed by atoms with Crippen LogP contribution >= 0.6 is 0 Å². The molecular formula is C23H30N4O2. The van der Waals surface area contributed by atoms with E-state index in [4.69, 9.17) is 4.74 Å². The van der Waals surface area contributed by atoms with Gasteiger partial charge in [-0.2, -0.15) is 0 Å². The Hall–Kier alpha value is -2.47. The predicted molar refractivity (Wildman–Crippen MR) is 112 cm³/mol. The number of nitrogens with zero attached hydrogens (tertiary/aromatic N) is 4. The second-order valence-electron chi connectivity index (χ2n) is 8.39. The van der Waals surface area contributed by atoms with E-state index in [1.165, 1.54) is 18.4 Å². The van der Waals surface area contributed by atoms with E-state index in [0.29, 0.717) is 12.1 Å². The molecule has 0 aliphatic carbocycles. The van der Waals surface area contributed by atoms with Gasteiger partial charge in [0, 0.05) is 45.0 Å². The second kappa shape index (κ2) is 8.49. The van der Waals surface area contributed by atoms with Gasteiger partial charge in [-0.25, -0.2) is 9.97 Å². The van der Waals surface area contributed by atoms with Crippen molar-refractivity contribution in [3.8, 4) is 11.8 Å². The van der Waals surface area contributed by atoms with Crippen molar-refractivity contribution in [3.63, 3.8) is 0 Å². The molecule has 0 bridgehead atoms. The smallest absolute Gasteiger partial charge is 0.321 e. The molecule has 1 amide bonds. The summed E-state index contributed by atoms with van der Waals surface area (Å²) in [6, 6.07) is 10.7. The molecule has 29 heavy (non-hydrogen) atoms. The highest BCUT2D eigenvalue weighted by atomic mass is 16.5. The maximum absolute atomic E-state index is 12.3. The average Bonchev–Trinajstić information content (AvgIpc) is 3.00. The molecule has 1 aromatic carbocycles. The van der Waals surface area contributed by atoms with Crippen LogP contribution in [0.15, 0.2) is 42.7 Å². The van der Waals surface area contributed by atoms with Gasteiger partial charge in [-0.05, 0) is 49.9 Å². The summed E-state index contributed by atoms with van der Waals surface area (Å²) >= 11 is 0. The summed E-state index contributed by atoms with van der Waals surface area (Å²) in [5, 5.41) is 0. The summed E-state index contributed by atoms with van der Waals surface area (Å²) in [6.07, 6.45) is 9.11. The molecule has 1 aromatic heterocycles. The van der Waals surface area contributed by atoms with Crippen LogP contribution < -0.4 is 4.74 Å². The van der Waals surface area contributed by atoms with Crippen LogP contribution in [0.2, 0.25) is 0 Å². The molecule has 2 aromatic rings. The van der Waals surface area contributed by atoms with E-state index in [2.05, 4.69) is 38.8 Å². The molecular weight excluding hydrogens is 364 g/mol. The van der Waals surface area contributed by atoms with Crippen LogP contribution in [0, 0.1) is 0 Å². The highest BCUT2D eigenvalue weighted by molar-refractivity contribution is 5.74. The van der Waals surface area contributed by atoms with E-state index >= 15 is 0 Å². The monoisotopic (exact) mass is 394 g/mol. The van der Waals surface area contributed by atoms with Crippen molar-refractivity contribution in [2.24, 2.45) is 0 Å². The number of carbonyl (C=O) groups is 1. The number of hydrogen-bond acceptors (Lipinski definition) is 5. The zero-order chi connectivity index (χ0) is 20.3. The van der Waals surface area contributed by atoms with E-state index < -0.39 is 0 Å². The van der Waals surface area contributed by atoms with Crippen molar-refractivity contribution < 1.29 is 9.53 Å². The fraction of sp³-hybridized carbons (Fsp3) is 0.522. The zero-order valence-corrected chi connectivity index (χ0v) is 17.4. The van der Waals surface area contributed by atoms with Gasteiger partial charge in [0.1, 0.15) is 5.75 Å². The first kappa shape index (κ1) is 19.8. The second-order valence-corrected chi connectivity index (χ2v) is 8.39. The maximum Gasteiger partial charge on any atom is 0.321 e. The van der Waals surface area contributed by atoms with E-state index in [0.717, 1.165) is 44.6 Å². The molecule has 2 atom stereocenters. The molecule has 0 N–H and O–H groups in total. The van der Waals surface area contributed by atoms with Crippen LogP contribution in [0.5, 0.6) is 11.8 Å². The number of fused-ring (bicyclic) bond motifs is 1. The van der Waals surface area contributed by atoms with Gasteiger partial charge in [-0.15, -0.1) is 0 Å².